The van der Waals surface area contributed by atoms with Gasteiger partial charge >= 0.3 is 0 Å². The number of aromatic nitrogens is 1. The van der Waals surface area contributed by atoms with Crippen LogP contribution in [0.2, 0.25) is 0 Å². The molecule has 0 amide bonds. The van der Waals surface area contributed by atoms with Crippen molar-refractivity contribution in [3.8, 4) is 5.75 Å². The average molecular weight is 277 g/mol. The average Bonchev–Trinajstić information content (AvgIpc) is 2.39. The number of hydrogen-bond donors (Lipinski definition) is 1. The zero-order chi connectivity index (χ0) is 14.8. The maximum Gasteiger partial charge on any atom is 0.137 e. The summed E-state index contributed by atoms with van der Waals surface area (Å²) in [4.78, 5) is 4.26. The lowest BCUT2D eigenvalue weighted by Crippen LogP contribution is -2.43. The first kappa shape index (κ1) is 15.3. The number of aliphatic hydroxyl groups is 1. The second-order valence-corrected chi connectivity index (χ2v) is 6.50. The molecule has 1 N–H and O–H groups in total. The lowest BCUT2D eigenvalue weighted by molar-refractivity contribution is -0.0869. The van der Waals surface area contributed by atoms with Crippen molar-refractivity contribution in [2.24, 2.45) is 17.8 Å². The van der Waals surface area contributed by atoms with Crippen LogP contribution in [-0.4, -0.2) is 16.7 Å². The first-order valence-corrected chi connectivity index (χ1v) is 7.78. The molecule has 3 atom stereocenters. The van der Waals surface area contributed by atoms with Crippen LogP contribution in [0.1, 0.15) is 52.5 Å². The summed E-state index contributed by atoms with van der Waals surface area (Å²) in [6, 6.07) is 1.96. The molecule has 20 heavy (non-hydrogen) atoms. The van der Waals surface area contributed by atoms with Gasteiger partial charge in [-0.2, -0.15) is 0 Å². The van der Waals surface area contributed by atoms with Gasteiger partial charge in [0.15, 0.2) is 0 Å². The first-order chi connectivity index (χ1) is 9.47. The fraction of sp³-hybridized carbons (Fsp3) is 0.706. The van der Waals surface area contributed by atoms with Crippen molar-refractivity contribution in [2.75, 3.05) is 6.61 Å². The molecule has 0 aromatic carbocycles. The third-order valence-corrected chi connectivity index (χ3v) is 4.57. The predicted octanol–water partition coefficient (Wildman–Crippen LogP) is 3.76. The molecule has 1 aliphatic rings. The summed E-state index contributed by atoms with van der Waals surface area (Å²) in [7, 11) is 0. The van der Waals surface area contributed by atoms with E-state index in [9.17, 15) is 5.11 Å². The van der Waals surface area contributed by atoms with E-state index >= 15 is 0 Å². The molecule has 0 saturated heterocycles. The zero-order valence-corrected chi connectivity index (χ0v) is 13.1. The summed E-state index contributed by atoms with van der Waals surface area (Å²) in [5.41, 5.74) is 0.139. The summed E-state index contributed by atoms with van der Waals surface area (Å²) < 4.78 is 5.53. The van der Waals surface area contributed by atoms with Gasteiger partial charge in [-0.05, 0) is 43.6 Å². The summed E-state index contributed by atoms with van der Waals surface area (Å²) in [6.45, 7) is 9.20. The van der Waals surface area contributed by atoms with E-state index in [0.717, 1.165) is 24.2 Å². The van der Waals surface area contributed by atoms with Crippen molar-refractivity contribution < 1.29 is 9.84 Å². The summed E-state index contributed by atoms with van der Waals surface area (Å²) in [5.74, 6) is 2.05. The number of pyridine rings is 1. The van der Waals surface area contributed by atoms with Crippen LogP contribution in [-0.2, 0) is 5.60 Å². The van der Waals surface area contributed by atoms with E-state index in [1.807, 2.05) is 13.0 Å². The normalized spacial score (nSPS) is 30.5. The second-order valence-electron chi connectivity index (χ2n) is 6.50. The van der Waals surface area contributed by atoms with E-state index in [1.54, 1.807) is 12.4 Å². The van der Waals surface area contributed by atoms with E-state index in [0.29, 0.717) is 18.4 Å². The first-order valence-electron chi connectivity index (χ1n) is 7.78. The maximum atomic E-state index is 11.3. The highest BCUT2D eigenvalue weighted by Crippen LogP contribution is 2.47. The van der Waals surface area contributed by atoms with Gasteiger partial charge in [0.05, 0.1) is 18.4 Å². The molecular weight excluding hydrogens is 250 g/mol. The summed E-state index contributed by atoms with van der Waals surface area (Å²) in [5, 5.41) is 11.3. The lowest BCUT2D eigenvalue weighted by Gasteiger charge is -2.45. The fourth-order valence-electron chi connectivity index (χ4n) is 3.61. The van der Waals surface area contributed by atoms with Crippen LogP contribution in [0.3, 0.4) is 0 Å². The van der Waals surface area contributed by atoms with Crippen LogP contribution in [0.5, 0.6) is 5.75 Å². The minimum atomic E-state index is -0.772. The molecule has 3 unspecified atom stereocenters. The molecule has 112 valence electrons. The van der Waals surface area contributed by atoms with Gasteiger partial charge in [-0.1, -0.05) is 27.2 Å². The minimum absolute atomic E-state index is 0.289. The zero-order valence-electron chi connectivity index (χ0n) is 13.1. The highest BCUT2D eigenvalue weighted by molar-refractivity contribution is 5.29. The Labute approximate surface area is 122 Å². The van der Waals surface area contributed by atoms with E-state index in [-0.39, 0.29) is 5.92 Å². The van der Waals surface area contributed by atoms with Crippen molar-refractivity contribution >= 4 is 0 Å². The molecule has 1 fully saturated rings. The van der Waals surface area contributed by atoms with E-state index in [4.69, 9.17) is 4.74 Å². The molecule has 0 spiro atoms. The van der Waals surface area contributed by atoms with Gasteiger partial charge in [0.2, 0.25) is 0 Å². The molecule has 0 bridgehead atoms. The predicted molar refractivity (Wildman–Crippen MR) is 80.6 cm³/mol. The highest BCUT2D eigenvalue weighted by Gasteiger charge is 2.44. The Balaban J connectivity index is 2.36. The van der Waals surface area contributed by atoms with Gasteiger partial charge in [-0.15, -0.1) is 0 Å². The topological polar surface area (TPSA) is 42.4 Å². The highest BCUT2D eigenvalue weighted by atomic mass is 16.5. The molecule has 3 heteroatoms. The Bertz CT molecular complexity index is 446. The largest absolute Gasteiger partial charge is 0.492 e. The number of ether oxygens (including phenoxy) is 1. The third-order valence-electron chi connectivity index (χ3n) is 4.57. The third kappa shape index (κ3) is 2.98. The Morgan fingerprint density at radius 2 is 2.15 bits per heavy atom. The SMILES string of the molecule is CCOc1cncc(C2(O)CC(C)CCC2C(C)C)c1. The van der Waals surface area contributed by atoms with Gasteiger partial charge in [-0.25, -0.2) is 0 Å². The molecular formula is C17H27NO2. The van der Waals surface area contributed by atoms with Gasteiger partial charge in [0, 0.05) is 11.8 Å². The molecule has 3 nitrogen and oxygen atoms in total. The standard InChI is InChI=1S/C17H27NO2/c1-5-20-15-8-14(10-18-11-15)17(19)9-13(4)6-7-16(17)12(2)3/h8,10-13,16,19H,5-7,9H2,1-4H3. The summed E-state index contributed by atoms with van der Waals surface area (Å²) in [6.07, 6.45) is 6.61. The molecule has 0 radical (unpaired) electrons. The smallest absolute Gasteiger partial charge is 0.137 e. The van der Waals surface area contributed by atoms with E-state index < -0.39 is 5.60 Å². The number of rotatable bonds is 4. The Morgan fingerprint density at radius 3 is 2.80 bits per heavy atom. The van der Waals surface area contributed by atoms with Crippen molar-refractivity contribution in [2.45, 2.75) is 52.6 Å². The second kappa shape index (κ2) is 6.13. The van der Waals surface area contributed by atoms with Crippen LogP contribution in [0.25, 0.3) is 0 Å². The number of hydrogen-bond acceptors (Lipinski definition) is 3. The molecule has 1 aromatic heterocycles. The van der Waals surface area contributed by atoms with Crippen LogP contribution < -0.4 is 4.74 Å². The molecule has 1 saturated carbocycles. The quantitative estimate of drug-likeness (QED) is 0.911. The molecule has 0 aliphatic heterocycles. The Morgan fingerprint density at radius 1 is 1.40 bits per heavy atom. The molecule has 2 rings (SSSR count). The Kier molecular flexibility index (Phi) is 4.69. The molecule has 1 aliphatic carbocycles. The fourth-order valence-corrected chi connectivity index (χ4v) is 3.61. The van der Waals surface area contributed by atoms with Crippen molar-refractivity contribution in [1.29, 1.82) is 0 Å². The van der Waals surface area contributed by atoms with E-state index in [1.165, 1.54) is 6.42 Å². The molecule has 1 heterocycles. The van der Waals surface area contributed by atoms with Crippen molar-refractivity contribution in [3.05, 3.63) is 24.0 Å². The van der Waals surface area contributed by atoms with E-state index in [2.05, 4.69) is 25.8 Å². The van der Waals surface area contributed by atoms with Gasteiger partial charge in [-0.3, -0.25) is 4.98 Å². The Hall–Kier alpha value is -1.09. The molecule has 1 aromatic rings. The minimum Gasteiger partial charge on any atom is -0.492 e. The van der Waals surface area contributed by atoms with Crippen molar-refractivity contribution in [1.82, 2.24) is 4.98 Å². The van der Waals surface area contributed by atoms with Gasteiger partial charge in [0.25, 0.3) is 0 Å². The van der Waals surface area contributed by atoms with Crippen LogP contribution in [0.15, 0.2) is 18.5 Å². The van der Waals surface area contributed by atoms with Crippen LogP contribution in [0.4, 0.5) is 0 Å². The van der Waals surface area contributed by atoms with Gasteiger partial charge in [0.1, 0.15) is 5.75 Å². The van der Waals surface area contributed by atoms with Gasteiger partial charge < -0.3 is 9.84 Å². The lowest BCUT2D eigenvalue weighted by atomic mass is 9.64. The number of nitrogens with zero attached hydrogens (tertiary/aromatic N) is 1. The van der Waals surface area contributed by atoms with Crippen molar-refractivity contribution in [3.63, 3.8) is 0 Å². The van der Waals surface area contributed by atoms with Crippen LogP contribution >= 0.6 is 0 Å². The van der Waals surface area contributed by atoms with Crippen LogP contribution in [0, 0.1) is 17.8 Å². The summed E-state index contributed by atoms with van der Waals surface area (Å²) >= 11 is 0. The maximum absolute atomic E-state index is 11.3. The monoisotopic (exact) mass is 277 g/mol.